The molecule has 1 amide bonds. The Morgan fingerprint density at radius 2 is 2.06 bits per heavy atom. The van der Waals surface area contributed by atoms with Gasteiger partial charge in [0.2, 0.25) is 5.91 Å². The van der Waals surface area contributed by atoms with Crippen LogP contribution in [0.15, 0.2) is 11.4 Å². The van der Waals surface area contributed by atoms with Crippen LogP contribution in [0.5, 0.6) is 0 Å². The first kappa shape index (κ1) is 11.2. The number of nitrogens with zero attached hydrogens (tertiary/aromatic N) is 2. The summed E-state index contributed by atoms with van der Waals surface area (Å²) in [5.74, 6) is -0.260. The van der Waals surface area contributed by atoms with Gasteiger partial charge in [-0.3, -0.25) is 9.69 Å². The Hall–Kier alpha value is -1.27. The van der Waals surface area contributed by atoms with Crippen LogP contribution in [-0.2, 0) is 4.79 Å². The maximum Gasteiger partial charge on any atom is 0.231 e. The van der Waals surface area contributed by atoms with Crippen molar-refractivity contribution in [3.63, 3.8) is 0 Å². The van der Waals surface area contributed by atoms with Gasteiger partial charge in [-0.15, -0.1) is 11.3 Å². The van der Waals surface area contributed by atoms with Crippen molar-refractivity contribution >= 4 is 27.9 Å². The molecule has 0 radical (unpaired) electrons. The molecule has 0 unspecified atom stereocenters. The number of thiophene rings is 1. The van der Waals surface area contributed by atoms with Crippen molar-refractivity contribution in [2.24, 2.45) is 5.73 Å². The first-order valence-corrected chi connectivity index (χ1v) is 6.13. The smallest absolute Gasteiger partial charge is 0.231 e. The second-order valence-corrected chi connectivity index (χ2v) is 4.81. The number of hydrogen-bond acceptors (Lipinski definition) is 5. The zero-order valence-corrected chi connectivity index (χ0v) is 9.87. The Balaban J connectivity index is 1.90. The first-order valence-electron chi connectivity index (χ1n) is 5.25. The largest absolute Gasteiger partial charge is 0.396 e. The van der Waals surface area contributed by atoms with Crippen molar-refractivity contribution in [1.82, 2.24) is 4.90 Å². The molecule has 1 fully saturated rings. The number of carbonyl (C=O) groups is 1. The molecule has 1 saturated heterocycles. The summed E-state index contributed by atoms with van der Waals surface area (Å²) < 4.78 is 0. The zero-order chi connectivity index (χ0) is 11.5. The van der Waals surface area contributed by atoms with Crippen LogP contribution in [0.25, 0.3) is 0 Å². The van der Waals surface area contributed by atoms with Crippen molar-refractivity contribution in [2.45, 2.75) is 0 Å². The van der Waals surface area contributed by atoms with Crippen LogP contribution in [0, 0.1) is 0 Å². The van der Waals surface area contributed by atoms with E-state index >= 15 is 0 Å². The van der Waals surface area contributed by atoms with E-state index in [0.29, 0.717) is 6.54 Å². The summed E-state index contributed by atoms with van der Waals surface area (Å²) in [4.78, 5) is 15.1. The monoisotopic (exact) mass is 240 g/mol. The van der Waals surface area contributed by atoms with Crippen molar-refractivity contribution < 1.29 is 4.79 Å². The van der Waals surface area contributed by atoms with Crippen LogP contribution in [0.1, 0.15) is 0 Å². The number of amides is 1. The molecule has 6 heteroatoms. The molecule has 2 rings (SSSR count). The Morgan fingerprint density at radius 1 is 1.38 bits per heavy atom. The number of rotatable bonds is 3. The SMILES string of the molecule is NC(=O)CN1CCN(c2sccc2N)CC1. The highest BCUT2D eigenvalue weighted by atomic mass is 32.1. The molecule has 2 heterocycles. The van der Waals surface area contributed by atoms with Gasteiger partial charge in [0.05, 0.1) is 12.2 Å². The van der Waals surface area contributed by atoms with Crippen molar-refractivity contribution in [1.29, 1.82) is 0 Å². The van der Waals surface area contributed by atoms with Crippen LogP contribution in [0.4, 0.5) is 10.7 Å². The molecule has 1 aromatic rings. The summed E-state index contributed by atoms with van der Waals surface area (Å²) in [6, 6.07) is 1.93. The van der Waals surface area contributed by atoms with Gasteiger partial charge in [0.1, 0.15) is 5.00 Å². The molecule has 4 N–H and O–H groups in total. The van der Waals surface area contributed by atoms with E-state index < -0.39 is 0 Å². The molecular formula is C10H16N4OS. The van der Waals surface area contributed by atoms with Crippen LogP contribution in [0.2, 0.25) is 0 Å². The summed E-state index contributed by atoms with van der Waals surface area (Å²) in [7, 11) is 0. The van der Waals surface area contributed by atoms with E-state index in [2.05, 4.69) is 9.80 Å². The lowest BCUT2D eigenvalue weighted by molar-refractivity contribution is -0.119. The fourth-order valence-corrected chi connectivity index (χ4v) is 2.78. The van der Waals surface area contributed by atoms with E-state index in [9.17, 15) is 4.79 Å². The predicted octanol–water partition coefficient (Wildman–Crippen LogP) is -0.0624. The van der Waals surface area contributed by atoms with E-state index in [-0.39, 0.29) is 5.91 Å². The first-order chi connectivity index (χ1) is 7.66. The fourth-order valence-electron chi connectivity index (χ4n) is 1.90. The van der Waals surface area contributed by atoms with E-state index in [4.69, 9.17) is 11.5 Å². The van der Waals surface area contributed by atoms with Gasteiger partial charge >= 0.3 is 0 Å². The van der Waals surface area contributed by atoms with Gasteiger partial charge in [0.25, 0.3) is 0 Å². The highest BCUT2D eigenvalue weighted by molar-refractivity contribution is 7.14. The number of anilines is 2. The number of carbonyl (C=O) groups excluding carboxylic acids is 1. The third-order valence-electron chi connectivity index (χ3n) is 2.71. The third-order valence-corrected chi connectivity index (χ3v) is 3.70. The molecule has 16 heavy (non-hydrogen) atoms. The minimum absolute atomic E-state index is 0.260. The van der Waals surface area contributed by atoms with Crippen molar-refractivity contribution in [3.05, 3.63) is 11.4 Å². The lowest BCUT2D eigenvalue weighted by Crippen LogP contribution is -2.48. The number of hydrogen-bond donors (Lipinski definition) is 2. The summed E-state index contributed by atoms with van der Waals surface area (Å²) in [5.41, 5.74) is 11.9. The van der Waals surface area contributed by atoms with Gasteiger partial charge in [-0.25, -0.2) is 0 Å². The molecule has 5 nitrogen and oxygen atoms in total. The number of nitrogen functional groups attached to an aromatic ring is 1. The minimum atomic E-state index is -0.260. The van der Waals surface area contributed by atoms with E-state index in [1.54, 1.807) is 11.3 Å². The molecule has 1 aromatic heterocycles. The molecular weight excluding hydrogens is 224 g/mol. The lowest BCUT2D eigenvalue weighted by atomic mass is 10.3. The Bertz CT molecular complexity index is 371. The molecule has 0 spiro atoms. The van der Waals surface area contributed by atoms with Gasteiger partial charge in [-0.05, 0) is 11.4 Å². The minimum Gasteiger partial charge on any atom is -0.396 e. The highest BCUT2D eigenvalue weighted by Gasteiger charge is 2.20. The number of piperazine rings is 1. The van der Waals surface area contributed by atoms with E-state index in [0.717, 1.165) is 36.9 Å². The van der Waals surface area contributed by atoms with Gasteiger partial charge in [-0.1, -0.05) is 0 Å². The molecule has 0 atom stereocenters. The van der Waals surface area contributed by atoms with Crippen LogP contribution >= 0.6 is 11.3 Å². The molecule has 0 bridgehead atoms. The summed E-state index contributed by atoms with van der Waals surface area (Å²) >= 11 is 1.66. The van der Waals surface area contributed by atoms with Crippen LogP contribution in [-0.4, -0.2) is 43.5 Å². The van der Waals surface area contributed by atoms with Gasteiger partial charge in [0.15, 0.2) is 0 Å². The molecule has 1 aliphatic heterocycles. The fraction of sp³-hybridized carbons (Fsp3) is 0.500. The average Bonchev–Trinajstić information content (AvgIpc) is 2.65. The summed E-state index contributed by atoms with van der Waals surface area (Å²) in [5, 5.41) is 3.14. The topological polar surface area (TPSA) is 75.6 Å². The molecule has 88 valence electrons. The normalized spacial score (nSPS) is 17.6. The predicted molar refractivity (Wildman–Crippen MR) is 66.6 cm³/mol. The Kier molecular flexibility index (Phi) is 3.31. The second-order valence-electron chi connectivity index (χ2n) is 3.91. The maximum absolute atomic E-state index is 10.8. The summed E-state index contributed by atoms with van der Waals surface area (Å²) in [6.45, 7) is 3.88. The molecule has 0 aliphatic carbocycles. The average molecular weight is 240 g/mol. The zero-order valence-electron chi connectivity index (χ0n) is 9.06. The van der Waals surface area contributed by atoms with Gasteiger partial charge in [-0.2, -0.15) is 0 Å². The van der Waals surface area contributed by atoms with Crippen molar-refractivity contribution in [2.75, 3.05) is 43.4 Å². The lowest BCUT2D eigenvalue weighted by Gasteiger charge is -2.34. The third kappa shape index (κ3) is 2.45. The number of primary amides is 1. The summed E-state index contributed by atoms with van der Waals surface area (Å²) in [6.07, 6.45) is 0. The Labute approximate surface area is 98.6 Å². The standard InChI is InChI=1S/C10H16N4OS/c11-8-1-6-16-10(8)14-4-2-13(3-5-14)7-9(12)15/h1,6H,2-5,7,11H2,(H2,12,15). The molecule has 0 aromatic carbocycles. The second kappa shape index (κ2) is 4.71. The highest BCUT2D eigenvalue weighted by Crippen LogP contribution is 2.30. The van der Waals surface area contributed by atoms with E-state index in [1.165, 1.54) is 0 Å². The van der Waals surface area contributed by atoms with Gasteiger partial charge < -0.3 is 16.4 Å². The van der Waals surface area contributed by atoms with Crippen molar-refractivity contribution in [3.8, 4) is 0 Å². The molecule has 0 saturated carbocycles. The van der Waals surface area contributed by atoms with Crippen LogP contribution < -0.4 is 16.4 Å². The quantitative estimate of drug-likeness (QED) is 0.776. The maximum atomic E-state index is 10.8. The molecule has 1 aliphatic rings. The van der Waals surface area contributed by atoms with E-state index in [1.807, 2.05) is 11.4 Å². The Morgan fingerprint density at radius 3 is 2.56 bits per heavy atom. The van der Waals surface area contributed by atoms with Crippen LogP contribution in [0.3, 0.4) is 0 Å². The van der Waals surface area contributed by atoms with Gasteiger partial charge in [0, 0.05) is 26.2 Å². The number of nitrogens with two attached hydrogens (primary N) is 2.